The molecule has 31 heavy (non-hydrogen) atoms. The molecule has 0 spiro atoms. The third kappa shape index (κ3) is 5.10. The van der Waals surface area contributed by atoms with Crippen molar-refractivity contribution in [3.8, 4) is 0 Å². The van der Waals surface area contributed by atoms with Crippen LogP contribution in [-0.4, -0.2) is 12.1 Å². The van der Waals surface area contributed by atoms with Crippen molar-refractivity contribution in [2.24, 2.45) is 5.41 Å². The number of hydrogen-bond acceptors (Lipinski definition) is 2. The van der Waals surface area contributed by atoms with Crippen LogP contribution in [0.1, 0.15) is 121 Å². The highest BCUT2D eigenvalue weighted by atomic mass is 16.5. The van der Waals surface area contributed by atoms with Crippen LogP contribution < -0.4 is 0 Å². The standard InChI is InChI=1S/C29H42O2/c1-3-5-6-16-28-17-20-29(21-18-28,22-19-28)25-12-8-23(9-13-25)24-10-14-26(15-11-24)31-27(30)7-4-2/h4,7-9,12-13,24,26H,3,5-6,10-11,14-22H2,1-2H3/b7-4+. The topological polar surface area (TPSA) is 26.3 Å². The maximum atomic E-state index is 11.7. The summed E-state index contributed by atoms with van der Waals surface area (Å²) in [6.45, 7) is 4.17. The van der Waals surface area contributed by atoms with Crippen LogP contribution in [0, 0.1) is 5.41 Å². The summed E-state index contributed by atoms with van der Waals surface area (Å²) in [5.74, 6) is 0.427. The van der Waals surface area contributed by atoms with Crippen molar-refractivity contribution < 1.29 is 9.53 Å². The van der Waals surface area contributed by atoms with Gasteiger partial charge in [0.15, 0.2) is 0 Å². The zero-order valence-corrected chi connectivity index (χ0v) is 19.8. The summed E-state index contributed by atoms with van der Waals surface area (Å²) in [7, 11) is 0. The van der Waals surface area contributed by atoms with Gasteiger partial charge in [-0.2, -0.15) is 0 Å². The molecule has 0 aliphatic heterocycles. The Morgan fingerprint density at radius 1 is 0.968 bits per heavy atom. The Labute approximate surface area is 189 Å². The minimum atomic E-state index is -0.191. The number of carbonyl (C=O) groups excluding carboxylic acids is 1. The fourth-order valence-electron chi connectivity index (χ4n) is 6.78. The Morgan fingerprint density at radius 3 is 2.19 bits per heavy atom. The van der Waals surface area contributed by atoms with Crippen LogP contribution in [0.5, 0.6) is 0 Å². The van der Waals surface area contributed by atoms with E-state index in [0.29, 0.717) is 16.7 Å². The van der Waals surface area contributed by atoms with Crippen molar-refractivity contribution in [3.05, 3.63) is 47.5 Å². The first kappa shape index (κ1) is 22.6. The number of rotatable bonds is 8. The number of ether oxygens (including phenoxy) is 1. The molecule has 0 N–H and O–H groups in total. The van der Waals surface area contributed by atoms with E-state index in [4.69, 9.17) is 4.74 Å². The lowest BCUT2D eigenvalue weighted by Crippen LogP contribution is -2.44. The van der Waals surface area contributed by atoms with Crippen molar-refractivity contribution >= 4 is 5.97 Å². The SMILES string of the molecule is C/C=C/C(=O)OC1CCC(c2ccc(C34CCC(CCCCC)(CC3)CC4)cc2)CC1. The van der Waals surface area contributed by atoms with E-state index in [9.17, 15) is 4.79 Å². The summed E-state index contributed by atoms with van der Waals surface area (Å²) in [5, 5.41) is 0. The largest absolute Gasteiger partial charge is 0.459 e. The third-order valence-electron chi connectivity index (χ3n) is 8.97. The van der Waals surface area contributed by atoms with Gasteiger partial charge in [0, 0.05) is 6.08 Å². The van der Waals surface area contributed by atoms with Gasteiger partial charge < -0.3 is 4.74 Å². The molecule has 0 atom stereocenters. The Kier molecular flexibility index (Phi) is 7.24. The molecule has 0 amide bonds. The summed E-state index contributed by atoms with van der Waals surface area (Å²) in [4.78, 5) is 11.7. The number of fused-ring (bicyclic) bond motifs is 3. The van der Waals surface area contributed by atoms with Gasteiger partial charge in [-0.3, -0.25) is 0 Å². The molecule has 0 saturated heterocycles. The van der Waals surface area contributed by atoms with Gasteiger partial charge in [0.25, 0.3) is 0 Å². The van der Waals surface area contributed by atoms with E-state index in [1.165, 1.54) is 75.8 Å². The van der Waals surface area contributed by atoms with Crippen molar-refractivity contribution in [2.45, 2.75) is 121 Å². The second-order valence-electron chi connectivity index (χ2n) is 10.8. The Bertz CT molecular complexity index is 727. The van der Waals surface area contributed by atoms with E-state index in [0.717, 1.165) is 25.7 Å². The fraction of sp³-hybridized carbons (Fsp3) is 0.690. The lowest BCUT2D eigenvalue weighted by molar-refractivity contribution is -0.144. The van der Waals surface area contributed by atoms with Crippen molar-refractivity contribution in [1.82, 2.24) is 0 Å². The van der Waals surface area contributed by atoms with Gasteiger partial charge in [0.1, 0.15) is 6.10 Å². The van der Waals surface area contributed by atoms with Crippen LogP contribution >= 0.6 is 0 Å². The second kappa shape index (κ2) is 9.92. The third-order valence-corrected chi connectivity index (χ3v) is 8.97. The smallest absolute Gasteiger partial charge is 0.330 e. The molecule has 4 aliphatic carbocycles. The number of carbonyl (C=O) groups is 1. The van der Waals surface area contributed by atoms with E-state index in [1.54, 1.807) is 11.6 Å². The highest BCUT2D eigenvalue weighted by molar-refractivity contribution is 5.81. The van der Waals surface area contributed by atoms with Crippen LogP contribution in [0.15, 0.2) is 36.4 Å². The molecule has 2 bridgehead atoms. The molecule has 5 rings (SSSR count). The predicted octanol–water partition coefficient (Wildman–Crippen LogP) is 8.00. The lowest BCUT2D eigenvalue weighted by Gasteiger charge is -2.54. The first-order chi connectivity index (χ1) is 15.1. The molecule has 4 fully saturated rings. The predicted molar refractivity (Wildman–Crippen MR) is 128 cm³/mol. The van der Waals surface area contributed by atoms with Crippen molar-refractivity contribution in [2.75, 3.05) is 0 Å². The Morgan fingerprint density at radius 2 is 1.61 bits per heavy atom. The van der Waals surface area contributed by atoms with Crippen molar-refractivity contribution in [1.29, 1.82) is 0 Å². The maximum absolute atomic E-state index is 11.7. The van der Waals surface area contributed by atoms with Crippen LogP contribution in [-0.2, 0) is 14.9 Å². The summed E-state index contributed by atoms with van der Waals surface area (Å²) >= 11 is 0. The molecule has 4 aliphatic rings. The highest BCUT2D eigenvalue weighted by Crippen LogP contribution is 2.59. The number of allylic oxidation sites excluding steroid dienone is 1. The molecule has 1 aromatic carbocycles. The van der Waals surface area contributed by atoms with E-state index < -0.39 is 0 Å². The molecule has 2 heteroatoms. The first-order valence-corrected chi connectivity index (χ1v) is 13.0. The molecule has 2 nitrogen and oxygen atoms in total. The van der Waals surface area contributed by atoms with E-state index >= 15 is 0 Å². The summed E-state index contributed by atoms with van der Waals surface area (Å²) in [6.07, 6.45) is 21.8. The first-order valence-electron chi connectivity index (χ1n) is 13.0. The monoisotopic (exact) mass is 422 g/mol. The summed E-state index contributed by atoms with van der Waals surface area (Å²) in [6, 6.07) is 9.75. The Hall–Kier alpha value is -1.57. The van der Waals surface area contributed by atoms with Gasteiger partial charge in [-0.25, -0.2) is 4.79 Å². The normalized spacial score (nSPS) is 33.0. The zero-order valence-electron chi connectivity index (χ0n) is 19.8. The van der Waals surface area contributed by atoms with Gasteiger partial charge >= 0.3 is 5.97 Å². The van der Waals surface area contributed by atoms with Gasteiger partial charge in [0.05, 0.1) is 0 Å². The maximum Gasteiger partial charge on any atom is 0.330 e. The molecule has 0 aromatic heterocycles. The van der Waals surface area contributed by atoms with Crippen LogP contribution in [0.25, 0.3) is 0 Å². The number of benzene rings is 1. The van der Waals surface area contributed by atoms with E-state index in [1.807, 2.05) is 6.92 Å². The van der Waals surface area contributed by atoms with Crippen LogP contribution in [0.3, 0.4) is 0 Å². The molecule has 170 valence electrons. The molecule has 0 heterocycles. The average molecular weight is 423 g/mol. The van der Waals surface area contributed by atoms with Crippen LogP contribution in [0.2, 0.25) is 0 Å². The zero-order chi connectivity index (χ0) is 21.7. The van der Waals surface area contributed by atoms with Gasteiger partial charge in [-0.15, -0.1) is 0 Å². The molecular weight excluding hydrogens is 380 g/mol. The van der Waals surface area contributed by atoms with E-state index in [2.05, 4.69) is 31.2 Å². The molecular formula is C29H42O2. The number of esters is 1. The summed E-state index contributed by atoms with van der Waals surface area (Å²) < 4.78 is 5.56. The van der Waals surface area contributed by atoms with Gasteiger partial charge in [0.2, 0.25) is 0 Å². The number of unbranched alkanes of at least 4 members (excludes halogenated alkanes) is 2. The average Bonchev–Trinajstić information content (AvgIpc) is 2.81. The molecule has 0 unspecified atom stereocenters. The minimum Gasteiger partial charge on any atom is -0.459 e. The summed E-state index contributed by atoms with van der Waals surface area (Å²) in [5.41, 5.74) is 4.24. The number of hydrogen-bond donors (Lipinski definition) is 0. The molecule has 1 aromatic rings. The second-order valence-corrected chi connectivity index (χ2v) is 10.8. The molecule has 0 radical (unpaired) electrons. The minimum absolute atomic E-state index is 0.0974. The van der Waals surface area contributed by atoms with Gasteiger partial charge in [-0.05, 0) is 105 Å². The van der Waals surface area contributed by atoms with Crippen LogP contribution in [0.4, 0.5) is 0 Å². The van der Waals surface area contributed by atoms with Crippen molar-refractivity contribution in [3.63, 3.8) is 0 Å². The quantitative estimate of drug-likeness (QED) is 0.241. The van der Waals surface area contributed by atoms with E-state index in [-0.39, 0.29) is 12.1 Å². The van der Waals surface area contributed by atoms with Gasteiger partial charge in [-0.1, -0.05) is 56.5 Å². The molecule has 4 saturated carbocycles. The fourth-order valence-corrected chi connectivity index (χ4v) is 6.78. The lowest BCUT2D eigenvalue weighted by atomic mass is 9.51. The Balaban J connectivity index is 1.31. The highest BCUT2D eigenvalue weighted by Gasteiger charge is 2.48.